The number of rotatable bonds is 6. The highest BCUT2D eigenvalue weighted by Gasteiger charge is 2.17. The van der Waals surface area contributed by atoms with Gasteiger partial charge < -0.3 is 4.52 Å². The van der Waals surface area contributed by atoms with E-state index < -0.39 is 0 Å². The molecule has 23 heavy (non-hydrogen) atoms. The number of H-pyrrole nitrogens is 1. The maximum absolute atomic E-state index is 5.24. The van der Waals surface area contributed by atoms with Crippen molar-refractivity contribution >= 4 is 23.9 Å². The van der Waals surface area contributed by atoms with Crippen LogP contribution in [-0.2, 0) is 6.42 Å². The van der Waals surface area contributed by atoms with Crippen LogP contribution in [0, 0.1) is 0 Å². The van der Waals surface area contributed by atoms with Gasteiger partial charge in [0.1, 0.15) is 5.82 Å². The van der Waals surface area contributed by atoms with E-state index in [-0.39, 0.29) is 5.25 Å². The van der Waals surface area contributed by atoms with Gasteiger partial charge in [0.25, 0.3) is 0 Å². The Balaban J connectivity index is 1.64. The van der Waals surface area contributed by atoms with Gasteiger partial charge in [-0.15, -0.1) is 5.10 Å². The molecule has 118 valence electrons. The van der Waals surface area contributed by atoms with Crippen molar-refractivity contribution in [2.45, 2.75) is 30.7 Å². The summed E-state index contributed by atoms with van der Waals surface area (Å²) in [6.07, 6.45) is 4.65. The number of hydrogen-bond acceptors (Lipinski definition) is 6. The Kier molecular flexibility index (Phi) is 4.87. The van der Waals surface area contributed by atoms with Gasteiger partial charge in [0.15, 0.2) is 5.82 Å². The largest absolute Gasteiger partial charge is 0.338 e. The molecule has 0 radical (unpaired) electrons. The van der Waals surface area contributed by atoms with Crippen LogP contribution < -0.4 is 0 Å². The quantitative estimate of drug-likeness (QED) is 0.694. The SMILES string of the molecule is CCc1noc(C(C)Sc2n[nH]c(C=Cc3ccccc3)n2)n1. The van der Waals surface area contributed by atoms with Crippen LogP contribution in [0.25, 0.3) is 12.2 Å². The molecule has 0 fully saturated rings. The van der Waals surface area contributed by atoms with Crippen molar-refractivity contribution in [1.29, 1.82) is 0 Å². The number of nitrogens with zero attached hydrogens (tertiary/aromatic N) is 4. The summed E-state index contributed by atoms with van der Waals surface area (Å²) in [5.74, 6) is 2.02. The molecule has 2 aromatic heterocycles. The number of aromatic amines is 1. The minimum Gasteiger partial charge on any atom is -0.338 e. The molecule has 2 heterocycles. The minimum absolute atomic E-state index is 0.00422. The predicted molar refractivity (Wildman–Crippen MR) is 89.7 cm³/mol. The first-order valence-corrected chi connectivity index (χ1v) is 8.27. The van der Waals surface area contributed by atoms with E-state index in [1.165, 1.54) is 11.8 Å². The lowest BCUT2D eigenvalue weighted by atomic mass is 10.2. The molecule has 0 amide bonds. The number of aromatic nitrogens is 5. The van der Waals surface area contributed by atoms with E-state index in [0.29, 0.717) is 22.7 Å². The van der Waals surface area contributed by atoms with Crippen molar-refractivity contribution in [3.63, 3.8) is 0 Å². The fourth-order valence-electron chi connectivity index (χ4n) is 1.91. The summed E-state index contributed by atoms with van der Waals surface area (Å²) >= 11 is 1.48. The Morgan fingerprint density at radius 1 is 1.22 bits per heavy atom. The molecule has 0 saturated heterocycles. The average Bonchev–Trinajstić information content (AvgIpc) is 3.23. The van der Waals surface area contributed by atoms with Crippen LogP contribution in [0.3, 0.4) is 0 Å². The third-order valence-corrected chi connectivity index (χ3v) is 4.09. The zero-order valence-corrected chi connectivity index (χ0v) is 13.7. The van der Waals surface area contributed by atoms with Crippen molar-refractivity contribution in [2.24, 2.45) is 0 Å². The van der Waals surface area contributed by atoms with Gasteiger partial charge in [0.05, 0.1) is 5.25 Å². The first kappa shape index (κ1) is 15.5. The highest BCUT2D eigenvalue weighted by Crippen LogP contribution is 2.31. The van der Waals surface area contributed by atoms with Crippen LogP contribution in [0.15, 0.2) is 40.0 Å². The van der Waals surface area contributed by atoms with E-state index in [1.54, 1.807) is 0 Å². The third kappa shape index (κ3) is 4.07. The Morgan fingerprint density at radius 3 is 2.78 bits per heavy atom. The lowest BCUT2D eigenvalue weighted by Gasteiger charge is -2.00. The van der Waals surface area contributed by atoms with E-state index in [4.69, 9.17) is 4.52 Å². The second kappa shape index (κ2) is 7.23. The summed E-state index contributed by atoms with van der Waals surface area (Å²) in [5.41, 5.74) is 1.12. The molecular formula is C16H17N5OS. The van der Waals surface area contributed by atoms with E-state index in [9.17, 15) is 0 Å². The molecule has 0 saturated carbocycles. The molecule has 7 heteroatoms. The monoisotopic (exact) mass is 327 g/mol. The van der Waals surface area contributed by atoms with Crippen molar-refractivity contribution in [1.82, 2.24) is 25.3 Å². The van der Waals surface area contributed by atoms with Crippen molar-refractivity contribution in [3.05, 3.63) is 53.4 Å². The number of nitrogens with one attached hydrogen (secondary N) is 1. The van der Waals surface area contributed by atoms with Crippen LogP contribution >= 0.6 is 11.8 Å². The Labute approximate surface area is 138 Å². The standard InChI is InChI=1S/C16H17N5OS/c1-3-13-17-15(22-21-13)11(2)23-16-18-14(19-20-16)10-9-12-7-5-4-6-8-12/h4-11H,3H2,1-2H3,(H,18,19,20). The summed E-state index contributed by atoms with van der Waals surface area (Å²) in [4.78, 5) is 8.77. The highest BCUT2D eigenvalue weighted by molar-refractivity contribution is 7.99. The summed E-state index contributed by atoms with van der Waals surface area (Å²) < 4.78 is 5.24. The van der Waals surface area contributed by atoms with Gasteiger partial charge in [0.2, 0.25) is 11.0 Å². The highest BCUT2D eigenvalue weighted by atomic mass is 32.2. The Bertz CT molecular complexity index is 781. The fraction of sp³-hybridized carbons (Fsp3) is 0.250. The van der Waals surface area contributed by atoms with Crippen LogP contribution in [0.4, 0.5) is 0 Å². The first-order valence-electron chi connectivity index (χ1n) is 7.39. The van der Waals surface area contributed by atoms with Gasteiger partial charge in [-0.2, -0.15) is 4.98 Å². The fourth-order valence-corrected chi connectivity index (χ4v) is 2.67. The molecular weight excluding hydrogens is 310 g/mol. The second-order valence-corrected chi connectivity index (χ2v) is 6.22. The summed E-state index contributed by atoms with van der Waals surface area (Å²) in [7, 11) is 0. The molecule has 1 atom stereocenters. The molecule has 6 nitrogen and oxygen atoms in total. The average molecular weight is 327 g/mol. The van der Waals surface area contributed by atoms with Crippen molar-refractivity contribution < 1.29 is 4.52 Å². The molecule has 3 aromatic rings. The second-order valence-electron chi connectivity index (χ2n) is 4.91. The summed E-state index contributed by atoms with van der Waals surface area (Å²) in [6.45, 7) is 3.99. The molecule has 0 aliphatic rings. The van der Waals surface area contributed by atoms with Crippen molar-refractivity contribution in [2.75, 3.05) is 0 Å². The van der Waals surface area contributed by atoms with Gasteiger partial charge in [-0.1, -0.05) is 60.3 Å². The van der Waals surface area contributed by atoms with E-state index in [2.05, 4.69) is 25.3 Å². The topological polar surface area (TPSA) is 80.5 Å². The van der Waals surface area contributed by atoms with Gasteiger partial charge in [-0.3, -0.25) is 5.10 Å². The molecule has 1 unspecified atom stereocenters. The van der Waals surface area contributed by atoms with E-state index in [1.807, 2.05) is 56.3 Å². The molecule has 3 rings (SSSR count). The summed E-state index contributed by atoms with van der Waals surface area (Å²) in [5, 5.41) is 11.7. The van der Waals surface area contributed by atoms with Gasteiger partial charge >= 0.3 is 0 Å². The van der Waals surface area contributed by atoms with Crippen LogP contribution in [-0.4, -0.2) is 25.3 Å². The van der Waals surface area contributed by atoms with E-state index >= 15 is 0 Å². The predicted octanol–water partition coefficient (Wildman–Crippen LogP) is 3.77. The van der Waals surface area contributed by atoms with Gasteiger partial charge in [-0.25, -0.2) is 4.98 Å². The van der Waals surface area contributed by atoms with Gasteiger partial charge in [-0.05, 0) is 18.6 Å². The molecule has 0 bridgehead atoms. The van der Waals surface area contributed by atoms with E-state index in [0.717, 1.165) is 12.0 Å². The number of benzene rings is 1. The molecule has 1 N–H and O–H groups in total. The first-order chi connectivity index (χ1) is 11.2. The lowest BCUT2D eigenvalue weighted by Crippen LogP contribution is -1.90. The summed E-state index contributed by atoms with van der Waals surface area (Å²) in [6, 6.07) is 10.1. The Hall–Kier alpha value is -2.41. The lowest BCUT2D eigenvalue weighted by molar-refractivity contribution is 0.375. The van der Waals surface area contributed by atoms with Crippen LogP contribution in [0.1, 0.15) is 42.2 Å². The van der Waals surface area contributed by atoms with Crippen LogP contribution in [0.5, 0.6) is 0 Å². The number of hydrogen-bond donors (Lipinski definition) is 1. The maximum Gasteiger partial charge on any atom is 0.239 e. The Morgan fingerprint density at radius 2 is 2.04 bits per heavy atom. The van der Waals surface area contributed by atoms with Gasteiger partial charge in [0, 0.05) is 6.42 Å². The minimum atomic E-state index is 0.00422. The van der Waals surface area contributed by atoms with Crippen molar-refractivity contribution in [3.8, 4) is 0 Å². The zero-order chi connectivity index (χ0) is 16.1. The smallest absolute Gasteiger partial charge is 0.239 e. The zero-order valence-electron chi connectivity index (χ0n) is 12.9. The maximum atomic E-state index is 5.24. The number of aryl methyl sites for hydroxylation is 1. The van der Waals surface area contributed by atoms with Crippen LogP contribution in [0.2, 0.25) is 0 Å². The molecule has 0 spiro atoms. The molecule has 0 aliphatic heterocycles. The molecule has 1 aromatic carbocycles. The molecule has 0 aliphatic carbocycles. The normalized spacial score (nSPS) is 12.8. The number of thioether (sulfide) groups is 1. The third-order valence-electron chi connectivity index (χ3n) is 3.15.